The van der Waals surface area contributed by atoms with Crippen molar-refractivity contribution < 1.29 is 0 Å². The fourth-order valence-electron chi connectivity index (χ4n) is 4.36. The van der Waals surface area contributed by atoms with Crippen LogP contribution in [-0.2, 0) is 13.0 Å². The predicted octanol–water partition coefficient (Wildman–Crippen LogP) is 5.73. The summed E-state index contributed by atoms with van der Waals surface area (Å²) in [6, 6.07) is 8.59. The summed E-state index contributed by atoms with van der Waals surface area (Å²) in [5.74, 6) is 3.23. The highest BCUT2D eigenvalue weighted by atomic mass is 14.5. The van der Waals surface area contributed by atoms with Gasteiger partial charge in [0.2, 0.25) is 0 Å². The standard InChI is InChI=1S/C22H35N/c1-16(2)21-13-12-17(3)14-22(21)18(4)8-7-11-19-9-5-6-10-20(19)15-23/h5-6,9-10,16-17,21-22H,4,7-8,11-15,23H2,1-3H3/t17-,21+,22+/m1/s1. The second kappa shape index (κ2) is 8.68. The van der Waals surface area contributed by atoms with Crippen LogP contribution in [0.3, 0.4) is 0 Å². The smallest absolute Gasteiger partial charge is 0.0180 e. The Morgan fingerprint density at radius 2 is 1.91 bits per heavy atom. The Balaban J connectivity index is 1.90. The van der Waals surface area contributed by atoms with E-state index in [9.17, 15) is 0 Å². The highest BCUT2D eigenvalue weighted by Crippen LogP contribution is 2.42. The van der Waals surface area contributed by atoms with E-state index in [0.717, 1.165) is 30.1 Å². The van der Waals surface area contributed by atoms with Gasteiger partial charge in [0, 0.05) is 6.54 Å². The zero-order chi connectivity index (χ0) is 16.8. The molecule has 1 fully saturated rings. The van der Waals surface area contributed by atoms with Gasteiger partial charge in [-0.15, -0.1) is 0 Å². The molecule has 0 radical (unpaired) electrons. The highest BCUT2D eigenvalue weighted by molar-refractivity contribution is 5.27. The molecule has 128 valence electrons. The molecule has 1 nitrogen and oxygen atoms in total. The van der Waals surface area contributed by atoms with E-state index in [1.54, 1.807) is 0 Å². The predicted molar refractivity (Wildman–Crippen MR) is 101 cm³/mol. The van der Waals surface area contributed by atoms with Crippen molar-refractivity contribution >= 4 is 0 Å². The Kier molecular flexibility index (Phi) is 6.89. The molecule has 1 heteroatoms. The summed E-state index contributed by atoms with van der Waals surface area (Å²) in [5.41, 5.74) is 10.1. The number of hydrogen-bond acceptors (Lipinski definition) is 1. The molecule has 2 rings (SSSR count). The van der Waals surface area contributed by atoms with E-state index in [1.165, 1.54) is 48.8 Å². The van der Waals surface area contributed by atoms with Gasteiger partial charge in [0.25, 0.3) is 0 Å². The van der Waals surface area contributed by atoms with Crippen LogP contribution in [0.5, 0.6) is 0 Å². The maximum absolute atomic E-state index is 5.85. The number of allylic oxidation sites excluding steroid dienone is 1. The van der Waals surface area contributed by atoms with Gasteiger partial charge in [-0.2, -0.15) is 0 Å². The zero-order valence-electron chi connectivity index (χ0n) is 15.4. The number of hydrogen-bond donors (Lipinski definition) is 1. The first-order valence-corrected chi connectivity index (χ1v) is 9.47. The van der Waals surface area contributed by atoms with Crippen LogP contribution >= 0.6 is 0 Å². The molecule has 0 saturated heterocycles. The first-order chi connectivity index (χ1) is 11.0. The van der Waals surface area contributed by atoms with Gasteiger partial charge < -0.3 is 5.73 Å². The van der Waals surface area contributed by atoms with Crippen molar-refractivity contribution in [1.82, 2.24) is 0 Å². The summed E-state index contributed by atoms with van der Waals surface area (Å²) in [4.78, 5) is 0. The molecule has 1 aromatic carbocycles. The molecule has 0 unspecified atom stereocenters. The Labute approximate surface area is 143 Å². The van der Waals surface area contributed by atoms with Gasteiger partial charge in [-0.25, -0.2) is 0 Å². The first kappa shape index (κ1) is 18.3. The third-order valence-corrected chi connectivity index (χ3v) is 5.83. The van der Waals surface area contributed by atoms with Gasteiger partial charge >= 0.3 is 0 Å². The first-order valence-electron chi connectivity index (χ1n) is 9.47. The Bertz CT molecular complexity index is 502. The topological polar surface area (TPSA) is 26.0 Å². The summed E-state index contributed by atoms with van der Waals surface area (Å²) < 4.78 is 0. The summed E-state index contributed by atoms with van der Waals surface area (Å²) in [5, 5.41) is 0. The van der Waals surface area contributed by atoms with Crippen molar-refractivity contribution in [2.75, 3.05) is 0 Å². The second-order valence-electron chi connectivity index (χ2n) is 7.92. The molecule has 23 heavy (non-hydrogen) atoms. The van der Waals surface area contributed by atoms with Crippen LogP contribution in [0.1, 0.15) is 64.0 Å². The SMILES string of the molecule is C=C(CCCc1ccccc1CN)[C@@H]1C[C@H](C)CC[C@H]1C(C)C. The van der Waals surface area contributed by atoms with E-state index in [1.807, 2.05) is 0 Å². The van der Waals surface area contributed by atoms with Crippen LogP contribution in [0.4, 0.5) is 0 Å². The van der Waals surface area contributed by atoms with Gasteiger partial charge in [-0.05, 0) is 66.9 Å². The molecule has 1 aliphatic carbocycles. The zero-order valence-corrected chi connectivity index (χ0v) is 15.4. The lowest BCUT2D eigenvalue weighted by molar-refractivity contribution is 0.167. The van der Waals surface area contributed by atoms with Gasteiger partial charge in [0.15, 0.2) is 0 Å². The lowest BCUT2D eigenvalue weighted by atomic mass is 9.67. The number of rotatable bonds is 7. The molecular formula is C22H35N. The fraction of sp³-hybridized carbons (Fsp3) is 0.636. The summed E-state index contributed by atoms with van der Waals surface area (Å²) in [6.07, 6.45) is 7.63. The molecule has 3 atom stereocenters. The van der Waals surface area contributed by atoms with Crippen molar-refractivity contribution in [2.24, 2.45) is 29.4 Å². The molecule has 0 aliphatic heterocycles. The fourth-order valence-corrected chi connectivity index (χ4v) is 4.36. The van der Waals surface area contributed by atoms with E-state index in [0.29, 0.717) is 6.54 Å². The van der Waals surface area contributed by atoms with E-state index in [4.69, 9.17) is 5.73 Å². The second-order valence-corrected chi connectivity index (χ2v) is 7.92. The van der Waals surface area contributed by atoms with E-state index < -0.39 is 0 Å². The maximum Gasteiger partial charge on any atom is 0.0180 e. The average molecular weight is 314 g/mol. The number of aryl methyl sites for hydroxylation is 1. The molecule has 1 aliphatic rings. The minimum absolute atomic E-state index is 0.646. The minimum atomic E-state index is 0.646. The van der Waals surface area contributed by atoms with Crippen LogP contribution in [0.2, 0.25) is 0 Å². The van der Waals surface area contributed by atoms with E-state index in [-0.39, 0.29) is 0 Å². The van der Waals surface area contributed by atoms with Gasteiger partial charge in [-0.3, -0.25) is 0 Å². The van der Waals surface area contributed by atoms with Crippen molar-refractivity contribution in [3.63, 3.8) is 0 Å². The Morgan fingerprint density at radius 3 is 2.57 bits per heavy atom. The van der Waals surface area contributed by atoms with Gasteiger partial charge in [-0.1, -0.05) is 63.6 Å². The molecular weight excluding hydrogens is 278 g/mol. The molecule has 0 aromatic heterocycles. The van der Waals surface area contributed by atoms with Crippen LogP contribution < -0.4 is 5.73 Å². The van der Waals surface area contributed by atoms with Crippen LogP contribution in [0, 0.1) is 23.7 Å². The van der Waals surface area contributed by atoms with Gasteiger partial charge in [0.1, 0.15) is 0 Å². The van der Waals surface area contributed by atoms with Gasteiger partial charge in [0.05, 0.1) is 0 Å². The van der Waals surface area contributed by atoms with Crippen LogP contribution in [0.25, 0.3) is 0 Å². The van der Waals surface area contributed by atoms with Crippen molar-refractivity contribution in [3.05, 3.63) is 47.5 Å². The molecule has 2 N–H and O–H groups in total. The molecule has 0 amide bonds. The molecule has 0 spiro atoms. The van der Waals surface area contributed by atoms with Crippen molar-refractivity contribution in [1.29, 1.82) is 0 Å². The number of benzene rings is 1. The minimum Gasteiger partial charge on any atom is -0.326 e. The normalized spacial score (nSPS) is 24.8. The monoisotopic (exact) mass is 313 g/mol. The van der Waals surface area contributed by atoms with Crippen molar-refractivity contribution in [2.45, 2.75) is 65.8 Å². The Morgan fingerprint density at radius 1 is 1.22 bits per heavy atom. The largest absolute Gasteiger partial charge is 0.326 e. The summed E-state index contributed by atoms with van der Waals surface area (Å²) in [7, 11) is 0. The average Bonchev–Trinajstić information content (AvgIpc) is 2.54. The molecule has 1 saturated carbocycles. The summed E-state index contributed by atoms with van der Waals surface area (Å²) in [6.45, 7) is 12.3. The van der Waals surface area contributed by atoms with Crippen LogP contribution in [0.15, 0.2) is 36.4 Å². The quantitative estimate of drug-likeness (QED) is 0.639. The third-order valence-electron chi connectivity index (χ3n) is 5.83. The molecule has 0 bridgehead atoms. The lowest BCUT2D eigenvalue weighted by Crippen LogP contribution is -2.28. The van der Waals surface area contributed by atoms with E-state index in [2.05, 4.69) is 51.6 Å². The Hall–Kier alpha value is -1.08. The number of nitrogens with two attached hydrogens (primary N) is 1. The highest BCUT2D eigenvalue weighted by Gasteiger charge is 2.31. The lowest BCUT2D eigenvalue weighted by Gasteiger charge is -2.38. The van der Waals surface area contributed by atoms with Crippen molar-refractivity contribution in [3.8, 4) is 0 Å². The summed E-state index contributed by atoms with van der Waals surface area (Å²) >= 11 is 0. The third kappa shape index (κ3) is 4.94. The van der Waals surface area contributed by atoms with Crippen LogP contribution in [-0.4, -0.2) is 0 Å². The molecule has 0 heterocycles. The molecule has 1 aromatic rings. The maximum atomic E-state index is 5.85. The van der Waals surface area contributed by atoms with E-state index >= 15 is 0 Å².